The number of hydrogen-bond acceptors (Lipinski definition) is 7. The lowest BCUT2D eigenvalue weighted by Gasteiger charge is -2.29. The minimum absolute atomic E-state index is 0.0491. The highest BCUT2D eigenvalue weighted by atomic mass is 16.5. The van der Waals surface area contributed by atoms with E-state index >= 15 is 0 Å². The largest absolute Gasteiger partial charge is 0.496 e. The molecular formula is C27H31N7O2. The van der Waals surface area contributed by atoms with Gasteiger partial charge in [-0.1, -0.05) is 37.1 Å². The molecule has 36 heavy (non-hydrogen) atoms. The van der Waals surface area contributed by atoms with Crippen LogP contribution in [0.5, 0.6) is 5.75 Å². The average molecular weight is 486 g/mol. The summed E-state index contributed by atoms with van der Waals surface area (Å²) in [5.74, 6) is 1.02. The van der Waals surface area contributed by atoms with Crippen molar-refractivity contribution in [2.24, 2.45) is 11.5 Å². The number of ether oxygens (including phenoxy) is 1. The first-order chi connectivity index (χ1) is 17.5. The zero-order valence-electron chi connectivity index (χ0n) is 20.3. The summed E-state index contributed by atoms with van der Waals surface area (Å²) >= 11 is 0. The first kappa shape index (κ1) is 23.6. The molecule has 1 aliphatic carbocycles. The van der Waals surface area contributed by atoms with E-state index in [1.54, 1.807) is 7.11 Å². The third-order valence-corrected chi connectivity index (χ3v) is 6.76. The summed E-state index contributed by atoms with van der Waals surface area (Å²) in [5.41, 5.74) is 15.0. The number of amides is 1. The van der Waals surface area contributed by atoms with Crippen LogP contribution in [0.4, 0.5) is 17.5 Å². The number of nitrogens with zero attached hydrogens (tertiary/aromatic N) is 3. The molecule has 1 amide bonds. The van der Waals surface area contributed by atoms with Crippen LogP contribution in [0.1, 0.15) is 41.6 Å². The van der Waals surface area contributed by atoms with Crippen molar-refractivity contribution in [3.8, 4) is 5.75 Å². The third-order valence-electron chi connectivity index (χ3n) is 6.76. The van der Waals surface area contributed by atoms with Gasteiger partial charge in [-0.15, -0.1) is 0 Å². The smallest absolute Gasteiger partial charge is 0.254 e. The Morgan fingerprint density at radius 3 is 2.81 bits per heavy atom. The van der Waals surface area contributed by atoms with Gasteiger partial charge in [0, 0.05) is 35.7 Å². The van der Waals surface area contributed by atoms with E-state index in [2.05, 4.69) is 43.5 Å². The van der Waals surface area contributed by atoms with E-state index in [0.29, 0.717) is 18.3 Å². The Balaban J connectivity index is 1.43. The summed E-state index contributed by atoms with van der Waals surface area (Å²) < 4.78 is 7.68. The van der Waals surface area contributed by atoms with E-state index in [1.807, 2.05) is 36.4 Å². The van der Waals surface area contributed by atoms with Gasteiger partial charge in [0.05, 0.1) is 19.2 Å². The number of para-hydroxylation sites is 1. The number of benzene rings is 2. The van der Waals surface area contributed by atoms with E-state index in [-0.39, 0.29) is 17.6 Å². The van der Waals surface area contributed by atoms with Crippen LogP contribution in [-0.2, 0) is 6.54 Å². The number of hydrogen-bond donors (Lipinski definition) is 4. The predicted molar refractivity (Wildman–Crippen MR) is 142 cm³/mol. The zero-order valence-corrected chi connectivity index (χ0v) is 20.3. The van der Waals surface area contributed by atoms with Gasteiger partial charge in [0.1, 0.15) is 17.1 Å². The van der Waals surface area contributed by atoms with Crippen molar-refractivity contribution in [2.75, 3.05) is 17.7 Å². The molecule has 1 fully saturated rings. The maximum atomic E-state index is 12.1. The lowest BCUT2D eigenvalue weighted by molar-refractivity contribution is 0.100. The van der Waals surface area contributed by atoms with E-state index in [9.17, 15) is 4.79 Å². The minimum atomic E-state index is -0.598. The Morgan fingerprint density at radius 1 is 1.17 bits per heavy atom. The second-order valence-electron chi connectivity index (χ2n) is 9.17. The molecule has 0 aliphatic heterocycles. The fraction of sp³-hybridized carbons (Fsp3) is 0.296. The number of nitrogens with two attached hydrogens (primary N) is 2. The van der Waals surface area contributed by atoms with E-state index in [4.69, 9.17) is 16.2 Å². The highest BCUT2D eigenvalue weighted by molar-refractivity contribution is 5.98. The predicted octanol–water partition coefficient (Wildman–Crippen LogP) is 4.01. The highest BCUT2D eigenvalue weighted by Gasteiger charge is 2.23. The molecule has 1 saturated carbocycles. The lowest BCUT2D eigenvalue weighted by Crippen LogP contribution is -2.43. The van der Waals surface area contributed by atoms with Gasteiger partial charge in [-0.25, -0.2) is 4.98 Å². The molecule has 2 unspecified atom stereocenters. The fourth-order valence-electron chi connectivity index (χ4n) is 4.78. The van der Waals surface area contributed by atoms with Crippen LogP contribution in [0, 0.1) is 0 Å². The van der Waals surface area contributed by atoms with E-state index in [1.165, 1.54) is 6.20 Å². The second-order valence-corrected chi connectivity index (χ2v) is 9.17. The highest BCUT2D eigenvalue weighted by Crippen LogP contribution is 2.27. The van der Waals surface area contributed by atoms with Gasteiger partial charge in [-0.2, -0.15) is 4.98 Å². The third kappa shape index (κ3) is 4.96. The normalized spacial score (nSPS) is 17.6. The van der Waals surface area contributed by atoms with Crippen LogP contribution < -0.4 is 26.8 Å². The van der Waals surface area contributed by atoms with Crippen molar-refractivity contribution in [1.29, 1.82) is 0 Å². The quantitative estimate of drug-likeness (QED) is 0.296. The van der Waals surface area contributed by atoms with Crippen molar-refractivity contribution in [3.05, 3.63) is 72.1 Å². The lowest BCUT2D eigenvalue weighted by atomic mass is 9.91. The molecule has 9 heteroatoms. The van der Waals surface area contributed by atoms with Crippen molar-refractivity contribution < 1.29 is 9.53 Å². The number of methoxy groups -OCH3 is 1. The van der Waals surface area contributed by atoms with Gasteiger partial charge in [0.25, 0.3) is 5.91 Å². The molecule has 4 aromatic rings. The summed E-state index contributed by atoms with van der Waals surface area (Å²) in [4.78, 5) is 21.0. The van der Waals surface area contributed by atoms with E-state index < -0.39 is 5.91 Å². The Hall–Kier alpha value is -4.11. The molecule has 0 radical (unpaired) electrons. The number of nitrogens with one attached hydrogen (secondary N) is 2. The molecule has 1 aliphatic rings. The number of fused-ring (bicyclic) bond motifs is 1. The summed E-state index contributed by atoms with van der Waals surface area (Å²) in [5, 5.41) is 7.72. The molecule has 0 saturated heterocycles. The SMILES string of the molecule is COc1ccccc1Cn1ccc2ccc(Nc3nc(NC4CCCCC4N)ncc3C(N)=O)cc21. The van der Waals surface area contributed by atoms with Crippen molar-refractivity contribution >= 4 is 34.3 Å². The van der Waals surface area contributed by atoms with Crippen LogP contribution in [0.3, 0.4) is 0 Å². The zero-order chi connectivity index (χ0) is 25.1. The first-order valence-corrected chi connectivity index (χ1v) is 12.2. The molecule has 2 aromatic carbocycles. The minimum Gasteiger partial charge on any atom is -0.496 e. The summed E-state index contributed by atoms with van der Waals surface area (Å²) in [7, 11) is 1.68. The summed E-state index contributed by atoms with van der Waals surface area (Å²) in [6.07, 6.45) is 7.69. The van der Waals surface area contributed by atoms with Crippen LogP contribution in [0.15, 0.2) is 60.9 Å². The van der Waals surface area contributed by atoms with Crippen LogP contribution in [-0.4, -0.2) is 39.6 Å². The van der Waals surface area contributed by atoms with Gasteiger partial charge in [-0.3, -0.25) is 4.79 Å². The Bertz CT molecular complexity index is 1380. The molecule has 6 N–H and O–H groups in total. The molecule has 2 aromatic heterocycles. The van der Waals surface area contributed by atoms with Crippen molar-refractivity contribution in [2.45, 2.75) is 44.3 Å². The van der Waals surface area contributed by atoms with Gasteiger partial charge >= 0.3 is 0 Å². The molecule has 186 valence electrons. The molecule has 0 bridgehead atoms. The number of primary amides is 1. The number of aromatic nitrogens is 3. The van der Waals surface area contributed by atoms with Crippen LogP contribution in [0.2, 0.25) is 0 Å². The maximum absolute atomic E-state index is 12.1. The van der Waals surface area contributed by atoms with Crippen molar-refractivity contribution in [3.63, 3.8) is 0 Å². The molecule has 2 atom stereocenters. The number of carbonyl (C=O) groups is 1. The Labute approximate surface area is 209 Å². The molecular weight excluding hydrogens is 454 g/mol. The number of carbonyl (C=O) groups excluding carboxylic acids is 1. The van der Waals surface area contributed by atoms with Gasteiger partial charge < -0.3 is 31.4 Å². The maximum Gasteiger partial charge on any atom is 0.254 e. The topological polar surface area (TPSA) is 133 Å². The average Bonchev–Trinajstić information content (AvgIpc) is 3.27. The molecule has 5 rings (SSSR count). The number of rotatable bonds is 8. The summed E-state index contributed by atoms with van der Waals surface area (Å²) in [6.45, 7) is 0.659. The monoisotopic (exact) mass is 485 g/mol. The van der Waals surface area contributed by atoms with Gasteiger partial charge in [-0.05, 0) is 42.5 Å². The number of anilines is 3. The molecule has 0 spiro atoms. The summed E-state index contributed by atoms with van der Waals surface area (Å²) in [6, 6.07) is 16.2. The molecule has 9 nitrogen and oxygen atoms in total. The van der Waals surface area contributed by atoms with E-state index in [0.717, 1.165) is 53.6 Å². The Morgan fingerprint density at radius 2 is 2.00 bits per heavy atom. The first-order valence-electron chi connectivity index (χ1n) is 12.2. The second kappa shape index (κ2) is 10.2. The van der Waals surface area contributed by atoms with Crippen LogP contribution >= 0.6 is 0 Å². The van der Waals surface area contributed by atoms with Crippen molar-refractivity contribution in [1.82, 2.24) is 14.5 Å². The van der Waals surface area contributed by atoms with Crippen LogP contribution in [0.25, 0.3) is 10.9 Å². The van der Waals surface area contributed by atoms with Gasteiger partial charge in [0.15, 0.2) is 0 Å². The Kier molecular flexibility index (Phi) is 6.73. The fourth-order valence-corrected chi connectivity index (χ4v) is 4.78. The molecule has 2 heterocycles. The van der Waals surface area contributed by atoms with Gasteiger partial charge in [0.2, 0.25) is 5.95 Å². The standard InChI is InChI=1S/C27H31N7O2/c1-36-24-9-5-2-6-18(24)16-34-13-12-17-10-11-19(14-23(17)34)31-26-20(25(29)35)15-30-27(33-26)32-22-8-4-3-7-21(22)28/h2,5-6,9-15,21-22H,3-4,7-8,16,28H2,1H3,(H2,29,35)(H2,30,31,32,33).